The molecule has 0 N–H and O–H groups in total. The molecule has 1 atom stereocenters. The van der Waals surface area contributed by atoms with Crippen molar-refractivity contribution < 1.29 is 13.9 Å². The van der Waals surface area contributed by atoms with Gasteiger partial charge in [-0.15, -0.1) is 0 Å². The zero-order valence-corrected chi connectivity index (χ0v) is 25.1. The van der Waals surface area contributed by atoms with E-state index < -0.39 is 17.8 Å². The zero-order chi connectivity index (χ0) is 30.3. The number of nitriles is 1. The lowest BCUT2D eigenvalue weighted by molar-refractivity contribution is -0.131. The molecule has 3 aromatic rings. The molecular weight excluding hydrogens is 557 g/mol. The van der Waals surface area contributed by atoms with E-state index >= 15 is 0 Å². The molecule has 0 spiro atoms. The van der Waals surface area contributed by atoms with Gasteiger partial charge in [-0.3, -0.25) is 9.69 Å². The molecule has 7 rings (SSSR count). The van der Waals surface area contributed by atoms with Crippen LogP contribution in [0.4, 0.5) is 15.9 Å². The van der Waals surface area contributed by atoms with Crippen LogP contribution in [0.5, 0.6) is 6.01 Å². The highest BCUT2D eigenvalue weighted by Crippen LogP contribution is 2.40. The zero-order valence-electron chi connectivity index (χ0n) is 25.1. The lowest BCUT2D eigenvalue weighted by atomic mass is 9.95. The molecule has 44 heavy (non-hydrogen) atoms. The summed E-state index contributed by atoms with van der Waals surface area (Å²) >= 11 is 0. The normalized spacial score (nSPS) is 21.2. The lowest BCUT2D eigenvalue weighted by Crippen LogP contribution is -2.55. The van der Waals surface area contributed by atoms with E-state index in [0.717, 1.165) is 56.0 Å². The maximum absolute atomic E-state index is 13.8. The summed E-state index contributed by atoms with van der Waals surface area (Å²) in [6.07, 6.45) is 5.48. The van der Waals surface area contributed by atoms with Crippen LogP contribution in [0.3, 0.4) is 0 Å². The first-order valence-electron chi connectivity index (χ1n) is 15.7. The molecule has 0 aliphatic carbocycles. The largest absolute Gasteiger partial charge is 0.461 e. The first kappa shape index (κ1) is 28.5. The predicted octanol–water partition coefficient (Wildman–Crippen LogP) is 4.61. The molecule has 2 aromatic carbocycles. The van der Waals surface area contributed by atoms with Gasteiger partial charge < -0.3 is 19.4 Å². The van der Waals surface area contributed by atoms with Gasteiger partial charge in [0.05, 0.1) is 36.3 Å². The number of piperazine rings is 1. The van der Waals surface area contributed by atoms with E-state index in [0.29, 0.717) is 32.3 Å². The summed E-state index contributed by atoms with van der Waals surface area (Å²) in [7, 11) is 0. The van der Waals surface area contributed by atoms with E-state index in [1.54, 1.807) is 0 Å². The summed E-state index contributed by atoms with van der Waals surface area (Å²) in [5.41, 5.74) is 3.24. The molecule has 0 unspecified atom stereocenters. The minimum absolute atomic E-state index is 0.0626. The Morgan fingerprint density at radius 2 is 1.84 bits per heavy atom. The number of aromatic nitrogens is 2. The highest BCUT2D eigenvalue weighted by Gasteiger charge is 2.45. The smallest absolute Gasteiger partial charge is 0.318 e. The van der Waals surface area contributed by atoms with Gasteiger partial charge in [0.25, 0.3) is 5.91 Å². The molecule has 1 aromatic heterocycles. The average Bonchev–Trinajstić information content (AvgIpc) is 3.63. The number of carbonyl (C=O) groups is 1. The van der Waals surface area contributed by atoms with Gasteiger partial charge in [-0.2, -0.15) is 15.2 Å². The van der Waals surface area contributed by atoms with Crippen molar-refractivity contribution in [3.05, 3.63) is 66.1 Å². The number of hydrogen-bond donors (Lipinski definition) is 0. The Morgan fingerprint density at radius 3 is 2.64 bits per heavy atom. The minimum Gasteiger partial charge on any atom is -0.461 e. The first-order valence-corrected chi connectivity index (χ1v) is 15.7. The number of amides is 1. The fraction of sp³-hybridized carbons (Fsp3) is 0.471. The molecule has 4 aliphatic rings. The Kier molecular flexibility index (Phi) is 7.58. The summed E-state index contributed by atoms with van der Waals surface area (Å²) in [6, 6.07) is 16.9. The lowest BCUT2D eigenvalue weighted by Gasteiger charge is -2.42. The van der Waals surface area contributed by atoms with Crippen LogP contribution in [0.1, 0.15) is 43.4 Å². The fourth-order valence-corrected chi connectivity index (χ4v) is 7.82. The number of carbonyl (C=O) groups excluding carboxylic acids is 1. The topological polar surface area (TPSA) is 88.8 Å². The number of benzene rings is 2. The van der Waals surface area contributed by atoms with Gasteiger partial charge in [-0.1, -0.05) is 43.0 Å². The molecule has 1 amide bonds. The van der Waals surface area contributed by atoms with Crippen molar-refractivity contribution in [2.45, 2.75) is 56.7 Å². The van der Waals surface area contributed by atoms with Crippen LogP contribution in [-0.2, 0) is 17.8 Å². The van der Waals surface area contributed by atoms with Crippen molar-refractivity contribution in [1.82, 2.24) is 19.8 Å². The quantitative estimate of drug-likeness (QED) is 0.366. The number of fused-ring (bicyclic) bond motifs is 3. The summed E-state index contributed by atoms with van der Waals surface area (Å²) in [5.74, 6) is -0.956. The SMILES string of the molecule is C=C(F)C(=O)N1CCN(c2nc(OCC34CCCN3CCC4)nc3c2CCN(c2cccc4ccccc24)C3)C[C@@H]1CC#N. The third kappa shape index (κ3) is 5.13. The van der Waals surface area contributed by atoms with E-state index in [-0.39, 0.29) is 18.5 Å². The summed E-state index contributed by atoms with van der Waals surface area (Å²) in [5, 5.41) is 11.9. The monoisotopic (exact) mass is 595 g/mol. The molecule has 5 heterocycles. The van der Waals surface area contributed by atoms with Crippen molar-refractivity contribution in [3.63, 3.8) is 0 Å². The van der Waals surface area contributed by atoms with Gasteiger partial charge in [0.1, 0.15) is 12.4 Å². The number of nitrogens with zero attached hydrogens (tertiary/aromatic N) is 7. The Balaban J connectivity index is 1.22. The molecule has 0 radical (unpaired) electrons. The minimum atomic E-state index is -1.00. The Morgan fingerprint density at radius 1 is 1.05 bits per heavy atom. The van der Waals surface area contributed by atoms with Crippen molar-refractivity contribution in [1.29, 1.82) is 5.26 Å². The van der Waals surface area contributed by atoms with Crippen LogP contribution < -0.4 is 14.5 Å². The summed E-state index contributed by atoms with van der Waals surface area (Å²) in [4.78, 5) is 31.1. The Bertz CT molecular complexity index is 1620. The molecule has 228 valence electrons. The Labute approximate surface area is 257 Å². The van der Waals surface area contributed by atoms with E-state index in [2.05, 4.69) is 69.8 Å². The Hall–Kier alpha value is -4.23. The molecule has 9 nitrogen and oxygen atoms in total. The van der Waals surface area contributed by atoms with Gasteiger partial charge in [0, 0.05) is 42.8 Å². The van der Waals surface area contributed by atoms with Crippen LogP contribution in [-0.4, -0.2) is 83.1 Å². The van der Waals surface area contributed by atoms with Crippen molar-refractivity contribution >= 4 is 28.2 Å². The standard InChI is InChI=1S/C34H38FN7O2/c1-24(35)32(43)42-20-19-40(21-26(42)11-15-36)31-28-12-18-39(30-10-4-8-25-7-2-3-9-27(25)30)22-29(28)37-33(38-31)44-23-34-13-5-16-41(34)17-6-14-34/h2-4,7-10,26H,1,5-6,11-14,16-23H2/t26-/m0/s1. The molecular formula is C34H38FN7O2. The van der Waals surface area contributed by atoms with Gasteiger partial charge >= 0.3 is 6.01 Å². The van der Waals surface area contributed by atoms with Crippen LogP contribution >= 0.6 is 0 Å². The summed E-state index contributed by atoms with van der Waals surface area (Å²) in [6.45, 7) is 8.55. The number of anilines is 2. The van der Waals surface area contributed by atoms with E-state index in [9.17, 15) is 14.4 Å². The van der Waals surface area contributed by atoms with E-state index in [1.807, 2.05) is 0 Å². The van der Waals surface area contributed by atoms with Crippen LogP contribution in [0.15, 0.2) is 54.9 Å². The molecule has 3 fully saturated rings. The molecule has 10 heteroatoms. The average molecular weight is 596 g/mol. The molecule has 0 bridgehead atoms. The third-order valence-corrected chi connectivity index (χ3v) is 10.0. The van der Waals surface area contributed by atoms with Crippen LogP contribution in [0, 0.1) is 11.3 Å². The fourth-order valence-electron chi connectivity index (χ4n) is 7.82. The maximum Gasteiger partial charge on any atom is 0.318 e. The second kappa shape index (κ2) is 11.7. The first-order chi connectivity index (χ1) is 21.5. The highest BCUT2D eigenvalue weighted by molar-refractivity contribution is 5.94. The number of hydrogen-bond acceptors (Lipinski definition) is 8. The van der Waals surface area contributed by atoms with Gasteiger partial charge in [-0.25, -0.2) is 4.39 Å². The second-order valence-corrected chi connectivity index (χ2v) is 12.5. The number of ether oxygens (including phenoxy) is 1. The van der Waals surface area contributed by atoms with Crippen molar-refractivity contribution in [3.8, 4) is 12.1 Å². The number of halogens is 1. The van der Waals surface area contributed by atoms with Crippen LogP contribution in [0.2, 0.25) is 0 Å². The van der Waals surface area contributed by atoms with Gasteiger partial charge in [0.2, 0.25) is 0 Å². The highest BCUT2D eigenvalue weighted by atomic mass is 19.1. The summed E-state index contributed by atoms with van der Waals surface area (Å²) < 4.78 is 20.3. The van der Waals surface area contributed by atoms with E-state index in [1.165, 1.54) is 34.2 Å². The van der Waals surface area contributed by atoms with Gasteiger partial charge in [0.15, 0.2) is 5.83 Å². The van der Waals surface area contributed by atoms with Crippen molar-refractivity contribution in [2.24, 2.45) is 0 Å². The third-order valence-electron chi connectivity index (χ3n) is 10.0. The predicted molar refractivity (Wildman–Crippen MR) is 167 cm³/mol. The van der Waals surface area contributed by atoms with Gasteiger partial charge in [-0.05, 0) is 56.6 Å². The number of rotatable bonds is 7. The molecule has 4 aliphatic heterocycles. The van der Waals surface area contributed by atoms with E-state index in [4.69, 9.17) is 14.7 Å². The maximum atomic E-state index is 13.8. The molecule has 0 saturated carbocycles. The molecule has 3 saturated heterocycles. The van der Waals surface area contributed by atoms with Crippen molar-refractivity contribution in [2.75, 3.05) is 55.7 Å². The van der Waals surface area contributed by atoms with Crippen LogP contribution in [0.25, 0.3) is 10.8 Å². The second-order valence-electron chi connectivity index (χ2n) is 12.5.